The second kappa shape index (κ2) is 7.08. The van der Waals surface area contributed by atoms with Crippen molar-refractivity contribution in [3.8, 4) is 11.3 Å². The highest BCUT2D eigenvalue weighted by Gasteiger charge is 2.51. The number of benzene rings is 1. The molecule has 2 fully saturated rings. The number of hydrogen-bond donors (Lipinski definition) is 1. The highest BCUT2D eigenvalue weighted by Crippen LogP contribution is 2.52. The fourth-order valence-electron chi connectivity index (χ4n) is 4.70. The monoisotopic (exact) mass is 383 g/mol. The lowest BCUT2D eigenvalue weighted by Gasteiger charge is -2.30. The van der Waals surface area contributed by atoms with Crippen molar-refractivity contribution in [2.45, 2.75) is 39.0 Å². The van der Waals surface area contributed by atoms with E-state index in [2.05, 4.69) is 36.3 Å². The third-order valence-electron chi connectivity index (χ3n) is 6.10. The van der Waals surface area contributed by atoms with Gasteiger partial charge in [-0.25, -0.2) is 4.98 Å². The Bertz CT molecular complexity index is 859. The topological polar surface area (TPSA) is 82.1 Å². The van der Waals surface area contributed by atoms with Gasteiger partial charge in [-0.1, -0.05) is 38.1 Å². The summed E-state index contributed by atoms with van der Waals surface area (Å²) in [4.78, 5) is 28.8. The Hall–Kier alpha value is -2.21. The number of carbonyl (C=O) groups excluding carboxylic acids is 2. The molecule has 5 nitrogen and oxygen atoms in total. The summed E-state index contributed by atoms with van der Waals surface area (Å²) in [6.07, 6.45) is 2.64. The molecule has 2 saturated carbocycles. The van der Waals surface area contributed by atoms with E-state index in [9.17, 15) is 14.7 Å². The number of anilines is 1. The van der Waals surface area contributed by atoms with Crippen molar-refractivity contribution in [1.29, 1.82) is 0 Å². The molecule has 2 aromatic rings. The molecule has 1 amide bonds. The van der Waals surface area contributed by atoms with E-state index in [1.807, 2.05) is 17.5 Å². The van der Waals surface area contributed by atoms with Crippen molar-refractivity contribution in [3.05, 3.63) is 35.2 Å². The van der Waals surface area contributed by atoms with Gasteiger partial charge in [-0.2, -0.15) is 0 Å². The molecule has 0 saturated heterocycles. The molecule has 1 aromatic heterocycles. The zero-order valence-corrected chi connectivity index (χ0v) is 16.3. The summed E-state index contributed by atoms with van der Waals surface area (Å²) in [5, 5.41) is 16.8. The molecule has 0 spiro atoms. The molecule has 27 heavy (non-hydrogen) atoms. The fraction of sp³-hybridized carbons (Fsp3) is 0.476. The van der Waals surface area contributed by atoms with Crippen LogP contribution in [0.15, 0.2) is 29.6 Å². The number of carboxylic acid groups (broad SMARTS) is 1. The van der Waals surface area contributed by atoms with Gasteiger partial charge in [-0.15, -0.1) is 11.3 Å². The van der Waals surface area contributed by atoms with Crippen molar-refractivity contribution >= 4 is 28.3 Å². The zero-order valence-electron chi connectivity index (χ0n) is 15.5. The number of amides is 1. The summed E-state index contributed by atoms with van der Waals surface area (Å²) in [6, 6.07) is 8.27. The predicted molar refractivity (Wildman–Crippen MR) is 103 cm³/mol. The largest absolute Gasteiger partial charge is 0.550 e. The lowest BCUT2D eigenvalue weighted by atomic mass is 9.79. The molecule has 0 aliphatic heterocycles. The van der Waals surface area contributed by atoms with Crippen LogP contribution in [0.25, 0.3) is 11.3 Å². The van der Waals surface area contributed by atoms with Gasteiger partial charge in [0.1, 0.15) is 0 Å². The van der Waals surface area contributed by atoms with Gasteiger partial charge in [-0.3, -0.25) is 4.79 Å². The van der Waals surface area contributed by atoms with Gasteiger partial charge >= 0.3 is 0 Å². The summed E-state index contributed by atoms with van der Waals surface area (Å²) in [7, 11) is 0. The Kier molecular flexibility index (Phi) is 4.76. The van der Waals surface area contributed by atoms with Gasteiger partial charge in [0, 0.05) is 28.7 Å². The summed E-state index contributed by atoms with van der Waals surface area (Å²) in [5.41, 5.74) is 3.09. The molecule has 1 aromatic carbocycles. The van der Waals surface area contributed by atoms with Gasteiger partial charge in [0.05, 0.1) is 5.69 Å². The van der Waals surface area contributed by atoms with Crippen LogP contribution < -0.4 is 10.4 Å². The summed E-state index contributed by atoms with van der Waals surface area (Å²) < 4.78 is 0. The van der Waals surface area contributed by atoms with Crippen LogP contribution in [0.3, 0.4) is 0 Å². The average Bonchev–Trinajstić information content (AvgIpc) is 3.37. The van der Waals surface area contributed by atoms with Crippen molar-refractivity contribution in [3.63, 3.8) is 0 Å². The molecule has 0 unspecified atom stereocenters. The summed E-state index contributed by atoms with van der Waals surface area (Å²) in [6.45, 7) is 4.31. The van der Waals surface area contributed by atoms with Gasteiger partial charge in [0.25, 0.3) is 0 Å². The molecular weight excluding hydrogens is 360 g/mol. The van der Waals surface area contributed by atoms with Crippen LogP contribution in [0, 0.1) is 23.7 Å². The maximum absolute atomic E-state index is 12.7. The van der Waals surface area contributed by atoms with E-state index in [1.165, 1.54) is 16.9 Å². The number of aliphatic carboxylic acids is 1. The maximum Gasteiger partial charge on any atom is 0.230 e. The molecule has 4 rings (SSSR count). The number of aromatic nitrogens is 1. The normalized spacial score (nSPS) is 26.5. The first-order chi connectivity index (χ1) is 12.9. The lowest BCUT2D eigenvalue weighted by Crippen LogP contribution is -2.43. The first-order valence-corrected chi connectivity index (χ1v) is 10.4. The third-order valence-corrected chi connectivity index (χ3v) is 6.86. The van der Waals surface area contributed by atoms with E-state index in [0.29, 0.717) is 11.0 Å². The van der Waals surface area contributed by atoms with Gasteiger partial charge in [0.2, 0.25) is 5.91 Å². The minimum atomic E-state index is -1.09. The first-order valence-electron chi connectivity index (χ1n) is 9.51. The Morgan fingerprint density at radius 2 is 1.81 bits per heavy atom. The third kappa shape index (κ3) is 3.38. The van der Waals surface area contributed by atoms with Crippen LogP contribution in [-0.4, -0.2) is 16.9 Å². The van der Waals surface area contributed by atoms with Crippen LogP contribution in [-0.2, 0) is 9.59 Å². The molecule has 1 heterocycles. The smallest absolute Gasteiger partial charge is 0.230 e. The molecule has 2 aliphatic carbocycles. The number of nitrogens with zero attached hydrogens (tertiary/aromatic N) is 1. The molecule has 0 radical (unpaired) electrons. The maximum atomic E-state index is 12.7. The quantitative estimate of drug-likeness (QED) is 0.859. The zero-order chi connectivity index (χ0) is 19.1. The average molecular weight is 383 g/mol. The number of hydrogen-bond acceptors (Lipinski definition) is 5. The SMILES string of the molecule is CC(C)c1ccc(-c2csc(NC(=O)[C@@H]3[C@H]4CC[C@@H](C4)[C@@H]3C(=O)[O-])n2)cc1. The lowest BCUT2D eigenvalue weighted by molar-refractivity contribution is -0.314. The first kappa shape index (κ1) is 18.2. The molecule has 2 bridgehead atoms. The van der Waals surface area contributed by atoms with Crippen LogP contribution in [0.2, 0.25) is 0 Å². The van der Waals surface area contributed by atoms with E-state index < -0.39 is 17.8 Å². The molecular formula is C21H23N2O3S-. The fourth-order valence-corrected chi connectivity index (χ4v) is 5.42. The molecule has 4 atom stereocenters. The second-order valence-electron chi connectivity index (χ2n) is 8.01. The Morgan fingerprint density at radius 3 is 2.44 bits per heavy atom. The van der Waals surface area contributed by atoms with E-state index in [1.54, 1.807) is 0 Å². The number of fused-ring (bicyclic) bond motifs is 2. The van der Waals surface area contributed by atoms with Crippen molar-refractivity contribution < 1.29 is 14.7 Å². The Labute approximate surface area is 162 Å². The number of thiazole rings is 1. The highest BCUT2D eigenvalue weighted by atomic mass is 32.1. The number of carboxylic acids is 1. The minimum absolute atomic E-state index is 0.0853. The predicted octanol–water partition coefficient (Wildman–Crippen LogP) is 3.28. The van der Waals surface area contributed by atoms with E-state index in [4.69, 9.17) is 0 Å². The standard InChI is InChI=1S/C21H24N2O3S/c1-11(2)12-3-5-13(6-4-12)16-10-27-21(22-16)23-19(24)17-14-7-8-15(9-14)18(17)20(25)26/h3-6,10-11,14-15,17-18H,7-9H2,1-2H3,(H,25,26)(H,22,23,24)/p-1/t14-,15-,17+,18-/m0/s1. The Balaban J connectivity index is 1.47. The van der Waals surface area contributed by atoms with Crippen LogP contribution in [0.1, 0.15) is 44.6 Å². The summed E-state index contributed by atoms with van der Waals surface area (Å²) in [5.74, 6) is -1.76. The van der Waals surface area contributed by atoms with Gasteiger partial charge in [0.15, 0.2) is 5.13 Å². The molecule has 6 heteroatoms. The van der Waals surface area contributed by atoms with Crippen LogP contribution >= 0.6 is 11.3 Å². The highest BCUT2D eigenvalue weighted by molar-refractivity contribution is 7.14. The van der Waals surface area contributed by atoms with Crippen molar-refractivity contribution in [2.24, 2.45) is 23.7 Å². The van der Waals surface area contributed by atoms with Crippen LogP contribution in [0.5, 0.6) is 0 Å². The Morgan fingerprint density at radius 1 is 1.15 bits per heavy atom. The second-order valence-corrected chi connectivity index (χ2v) is 8.87. The number of carbonyl (C=O) groups is 2. The van der Waals surface area contributed by atoms with E-state index in [0.717, 1.165) is 30.5 Å². The van der Waals surface area contributed by atoms with Gasteiger partial charge in [-0.05, 0) is 42.6 Å². The van der Waals surface area contributed by atoms with Crippen LogP contribution in [0.4, 0.5) is 5.13 Å². The molecule has 142 valence electrons. The molecule has 2 aliphatic rings. The number of rotatable bonds is 5. The van der Waals surface area contributed by atoms with E-state index >= 15 is 0 Å². The van der Waals surface area contributed by atoms with Crippen molar-refractivity contribution in [1.82, 2.24) is 4.98 Å². The minimum Gasteiger partial charge on any atom is -0.550 e. The van der Waals surface area contributed by atoms with Gasteiger partial charge < -0.3 is 15.2 Å². The number of nitrogens with one attached hydrogen (secondary N) is 1. The van der Waals surface area contributed by atoms with E-state index in [-0.39, 0.29) is 17.7 Å². The van der Waals surface area contributed by atoms with Crippen molar-refractivity contribution in [2.75, 3.05) is 5.32 Å². The summed E-state index contributed by atoms with van der Waals surface area (Å²) >= 11 is 1.37. The molecule has 1 N–H and O–H groups in total.